The maximum atomic E-state index is 13.7. The van der Waals surface area contributed by atoms with E-state index in [9.17, 15) is 4.39 Å². The molecule has 2 N–H and O–H groups in total. The molecule has 0 amide bonds. The van der Waals surface area contributed by atoms with Gasteiger partial charge in [0.15, 0.2) is 5.11 Å². The van der Waals surface area contributed by atoms with Crippen LogP contribution < -0.4 is 15.5 Å². The van der Waals surface area contributed by atoms with Gasteiger partial charge in [-0.1, -0.05) is 34.1 Å². The molecule has 0 unspecified atom stereocenters. The van der Waals surface area contributed by atoms with Crippen LogP contribution in [0.3, 0.4) is 0 Å². The van der Waals surface area contributed by atoms with Gasteiger partial charge in [-0.05, 0) is 42.5 Å². The smallest absolute Gasteiger partial charge is 0.170 e. The number of hydrogen-bond donors (Lipinski definition) is 2. The Balaban J connectivity index is 1.78. The first kappa shape index (κ1) is 16.7. The van der Waals surface area contributed by atoms with Crippen LogP contribution in [0.25, 0.3) is 0 Å². The summed E-state index contributed by atoms with van der Waals surface area (Å²) in [4.78, 5) is 2.12. The van der Waals surface area contributed by atoms with Crippen molar-refractivity contribution in [3.8, 4) is 0 Å². The highest BCUT2D eigenvalue weighted by Gasteiger charge is 2.05. The Bertz CT molecular complexity index is 637. The lowest BCUT2D eigenvalue weighted by atomic mass is 10.3. The number of benzene rings is 2. The molecule has 22 heavy (non-hydrogen) atoms. The summed E-state index contributed by atoms with van der Waals surface area (Å²) in [5.41, 5.74) is 1.50. The van der Waals surface area contributed by atoms with Crippen LogP contribution in [-0.4, -0.2) is 25.2 Å². The van der Waals surface area contributed by atoms with E-state index in [1.807, 2.05) is 37.4 Å². The molecule has 3 nitrogen and oxygen atoms in total. The summed E-state index contributed by atoms with van der Waals surface area (Å²) >= 11 is 8.40. The first-order chi connectivity index (χ1) is 10.6. The summed E-state index contributed by atoms with van der Waals surface area (Å²) in [6.07, 6.45) is 0. The fourth-order valence-corrected chi connectivity index (χ4v) is 2.45. The maximum absolute atomic E-state index is 13.7. The minimum atomic E-state index is -0.347. The zero-order valence-corrected chi connectivity index (χ0v) is 14.5. The molecule has 0 aliphatic rings. The molecule has 0 aliphatic heterocycles. The summed E-state index contributed by atoms with van der Waals surface area (Å²) in [6.45, 7) is 1.45. The lowest BCUT2D eigenvalue weighted by Crippen LogP contribution is -2.35. The molecule has 2 aromatic rings. The van der Waals surface area contributed by atoms with Crippen LogP contribution in [0.15, 0.2) is 53.0 Å². The third-order valence-corrected chi connectivity index (χ3v) is 3.85. The zero-order valence-electron chi connectivity index (χ0n) is 12.1. The monoisotopic (exact) mass is 381 g/mol. The van der Waals surface area contributed by atoms with E-state index in [0.717, 1.165) is 12.2 Å². The van der Waals surface area contributed by atoms with Gasteiger partial charge in [0.25, 0.3) is 0 Å². The summed E-state index contributed by atoms with van der Waals surface area (Å²) in [6, 6.07) is 14.9. The number of rotatable bonds is 5. The minimum absolute atomic E-state index is 0.347. The van der Waals surface area contributed by atoms with Gasteiger partial charge in [-0.3, -0.25) is 0 Å². The van der Waals surface area contributed by atoms with Gasteiger partial charge >= 0.3 is 0 Å². The molecule has 0 saturated carbocycles. The number of hydrogen-bond acceptors (Lipinski definition) is 2. The van der Waals surface area contributed by atoms with E-state index in [-0.39, 0.29) is 5.82 Å². The molecular formula is C16H17BrFN3S. The first-order valence-corrected chi connectivity index (χ1v) is 8.02. The zero-order chi connectivity index (χ0) is 15.9. The molecule has 0 atom stereocenters. The first-order valence-electron chi connectivity index (χ1n) is 6.82. The maximum Gasteiger partial charge on any atom is 0.170 e. The van der Waals surface area contributed by atoms with Crippen LogP contribution in [0.1, 0.15) is 0 Å². The van der Waals surface area contributed by atoms with Crippen molar-refractivity contribution in [2.45, 2.75) is 0 Å². The molecule has 0 fully saturated rings. The standard InChI is InChI=1S/C16H17BrFN3S/c1-21(13-5-3-2-4-6-13)10-9-19-16(22)20-15-8-7-12(17)11-14(15)18/h2-8,11H,9-10H2,1H3,(H2,19,20,22). The van der Waals surface area contributed by atoms with Gasteiger partial charge in [0.2, 0.25) is 0 Å². The second kappa shape index (κ2) is 8.10. The fourth-order valence-electron chi connectivity index (χ4n) is 1.91. The molecule has 116 valence electrons. The van der Waals surface area contributed by atoms with Crippen LogP contribution in [0, 0.1) is 5.82 Å². The molecule has 6 heteroatoms. The predicted molar refractivity (Wildman–Crippen MR) is 98.0 cm³/mol. The van der Waals surface area contributed by atoms with Crippen molar-refractivity contribution in [3.05, 3.63) is 58.8 Å². The molecule has 0 bridgehead atoms. The Morgan fingerprint density at radius 1 is 1.23 bits per heavy atom. The highest BCUT2D eigenvalue weighted by molar-refractivity contribution is 9.10. The molecule has 2 rings (SSSR count). The number of thiocarbonyl (C=S) groups is 1. The van der Waals surface area contributed by atoms with Crippen LogP contribution in [0.5, 0.6) is 0 Å². The van der Waals surface area contributed by atoms with Crippen LogP contribution in [0.4, 0.5) is 15.8 Å². The molecule has 0 radical (unpaired) electrons. The summed E-state index contributed by atoms with van der Waals surface area (Å²) in [7, 11) is 2.02. The van der Waals surface area contributed by atoms with E-state index in [4.69, 9.17) is 12.2 Å². The van der Waals surface area contributed by atoms with Crippen molar-refractivity contribution in [2.24, 2.45) is 0 Å². The van der Waals surface area contributed by atoms with Gasteiger partial charge < -0.3 is 15.5 Å². The Morgan fingerprint density at radius 3 is 2.64 bits per heavy atom. The molecule has 0 saturated heterocycles. The summed E-state index contributed by atoms with van der Waals surface area (Å²) in [5.74, 6) is -0.347. The second-order valence-corrected chi connectivity index (χ2v) is 6.09. The number of nitrogens with one attached hydrogen (secondary N) is 2. The number of anilines is 2. The van der Waals surface area contributed by atoms with Crippen LogP contribution in [-0.2, 0) is 0 Å². The average Bonchev–Trinajstić information content (AvgIpc) is 2.51. The van der Waals surface area contributed by atoms with Crippen molar-refractivity contribution < 1.29 is 4.39 Å². The van der Waals surface area contributed by atoms with E-state index in [0.29, 0.717) is 21.8 Å². The molecule has 2 aromatic carbocycles. The van der Waals surface area contributed by atoms with E-state index >= 15 is 0 Å². The van der Waals surface area contributed by atoms with Gasteiger partial charge in [-0.25, -0.2) is 4.39 Å². The lowest BCUT2D eigenvalue weighted by Gasteiger charge is -2.20. The lowest BCUT2D eigenvalue weighted by molar-refractivity contribution is 0.631. The number of nitrogens with zero attached hydrogens (tertiary/aromatic N) is 1. The van der Waals surface area contributed by atoms with Crippen LogP contribution >= 0.6 is 28.1 Å². The van der Waals surface area contributed by atoms with E-state index in [2.05, 4.69) is 31.5 Å². The number of halogens is 2. The Morgan fingerprint density at radius 2 is 1.95 bits per heavy atom. The van der Waals surface area contributed by atoms with E-state index in [1.165, 1.54) is 6.07 Å². The molecule has 0 aromatic heterocycles. The molecule has 0 aliphatic carbocycles. The third kappa shape index (κ3) is 4.96. The minimum Gasteiger partial charge on any atom is -0.373 e. The predicted octanol–water partition coefficient (Wildman–Crippen LogP) is 4.01. The van der Waals surface area contributed by atoms with Crippen molar-refractivity contribution in [1.82, 2.24) is 5.32 Å². The Kier molecular flexibility index (Phi) is 6.15. The van der Waals surface area contributed by atoms with Crippen molar-refractivity contribution in [3.63, 3.8) is 0 Å². The topological polar surface area (TPSA) is 27.3 Å². The largest absolute Gasteiger partial charge is 0.373 e. The quantitative estimate of drug-likeness (QED) is 0.765. The van der Waals surface area contributed by atoms with E-state index in [1.54, 1.807) is 12.1 Å². The Labute approximate surface area is 143 Å². The van der Waals surface area contributed by atoms with Crippen molar-refractivity contribution in [1.29, 1.82) is 0 Å². The van der Waals surface area contributed by atoms with Crippen molar-refractivity contribution >= 4 is 44.6 Å². The van der Waals surface area contributed by atoms with Gasteiger partial charge in [0.1, 0.15) is 5.82 Å². The van der Waals surface area contributed by atoms with Gasteiger partial charge in [0, 0.05) is 30.3 Å². The summed E-state index contributed by atoms with van der Waals surface area (Å²) in [5, 5.41) is 6.34. The van der Waals surface area contributed by atoms with Crippen LogP contribution in [0.2, 0.25) is 0 Å². The van der Waals surface area contributed by atoms with Crippen molar-refractivity contribution in [2.75, 3.05) is 30.4 Å². The number of para-hydroxylation sites is 1. The van der Waals surface area contributed by atoms with E-state index < -0.39 is 0 Å². The van der Waals surface area contributed by atoms with Gasteiger partial charge in [-0.15, -0.1) is 0 Å². The fraction of sp³-hybridized carbons (Fsp3) is 0.188. The SMILES string of the molecule is CN(CCNC(=S)Nc1ccc(Br)cc1F)c1ccccc1. The van der Waals surface area contributed by atoms with Gasteiger partial charge in [0.05, 0.1) is 5.69 Å². The second-order valence-electron chi connectivity index (χ2n) is 4.76. The Hall–Kier alpha value is -1.66. The average molecular weight is 382 g/mol. The highest BCUT2D eigenvalue weighted by atomic mass is 79.9. The summed E-state index contributed by atoms with van der Waals surface area (Å²) < 4.78 is 14.4. The molecule has 0 heterocycles. The number of likely N-dealkylation sites (N-methyl/N-ethyl adjacent to an activating group) is 1. The normalized spacial score (nSPS) is 10.1. The third-order valence-electron chi connectivity index (χ3n) is 3.11. The molecular weight excluding hydrogens is 365 g/mol. The molecule has 0 spiro atoms. The van der Waals surface area contributed by atoms with Gasteiger partial charge in [-0.2, -0.15) is 0 Å². The highest BCUT2D eigenvalue weighted by Crippen LogP contribution is 2.19.